The Morgan fingerprint density at radius 3 is 2.56 bits per heavy atom. The third-order valence-corrected chi connectivity index (χ3v) is 5.30. The van der Waals surface area contributed by atoms with E-state index in [1.807, 2.05) is 0 Å². The molecular weight excluding hydrogens is 340 g/mol. The van der Waals surface area contributed by atoms with Crippen molar-refractivity contribution < 1.29 is 31.9 Å². The molecule has 3 nitrogen and oxygen atoms in total. The second-order valence-electron chi connectivity index (χ2n) is 7.03. The molecule has 0 amide bonds. The standard InChI is InChI=1S/C18H16F4O3/c1-16(2)13(8-10-9-18(10,21)22)17(16,15(23)24)7-3-4-11-5-6-12(25-11)14(19)20/h5-6,8,13-14H,7,9H2,1-2H3,(H,23,24)/t13-,17+/m1/s1. The van der Waals surface area contributed by atoms with Crippen LogP contribution in [0, 0.1) is 28.6 Å². The van der Waals surface area contributed by atoms with Gasteiger partial charge in [0.25, 0.3) is 12.3 Å². The van der Waals surface area contributed by atoms with Crippen LogP contribution in [-0.2, 0) is 4.79 Å². The first-order valence-corrected chi connectivity index (χ1v) is 7.71. The van der Waals surface area contributed by atoms with E-state index in [0.29, 0.717) is 0 Å². The molecule has 2 atom stereocenters. The zero-order valence-corrected chi connectivity index (χ0v) is 13.6. The summed E-state index contributed by atoms with van der Waals surface area (Å²) in [5.41, 5.74) is -2.03. The number of aliphatic carboxylic acids is 1. The predicted octanol–water partition coefficient (Wildman–Crippen LogP) is 4.65. The number of rotatable bonds is 4. The van der Waals surface area contributed by atoms with Gasteiger partial charge in [0.05, 0.1) is 5.41 Å². The van der Waals surface area contributed by atoms with E-state index in [2.05, 4.69) is 11.8 Å². The van der Waals surface area contributed by atoms with E-state index in [1.54, 1.807) is 13.8 Å². The zero-order chi connectivity index (χ0) is 18.6. The van der Waals surface area contributed by atoms with E-state index in [-0.39, 0.29) is 24.2 Å². The zero-order valence-electron chi connectivity index (χ0n) is 13.6. The van der Waals surface area contributed by atoms with Gasteiger partial charge in [-0.05, 0) is 23.5 Å². The highest BCUT2D eigenvalue weighted by Crippen LogP contribution is 2.72. The summed E-state index contributed by atoms with van der Waals surface area (Å²) in [7, 11) is 0. The number of carbonyl (C=O) groups is 1. The second-order valence-corrected chi connectivity index (χ2v) is 7.03. The number of hydrogen-bond donors (Lipinski definition) is 1. The molecule has 1 N–H and O–H groups in total. The average Bonchev–Trinajstić information content (AvgIpc) is 3.09. The number of alkyl halides is 4. The molecule has 2 aliphatic carbocycles. The fraction of sp³-hybridized carbons (Fsp3) is 0.500. The number of allylic oxidation sites excluding steroid dienone is 2. The lowest BCUT2D eigenvalue weighted by Crippen LogP contribution is -2.21. The Bertz CT molecular complexity index is 810. The van der Waals surface area contributed by atoms with Crippen LogP contribution in [-0.4, -0.2) is 17.0 Å². The van der Waals surface area contributed by atoms with Crippen molar-refractivity contribution in [3.8, 4) is 11.8 Å². The first-order valence-electron chi connectivity index (χ1n) is 7.71. The number of carboxylic acids is 1. The summed E-state index contributed by atoms with van der Waals surface area (Å²) in [5, 5.41) is 9.64. The molecule has 0 bridgehead atoms. The van der Waals surface area contributed by atoms with Crippen LogP contribution < -0.4 is 0 Å². The van der Waals surface area contributed by atoms with E-state index < -0.39 is 40.8 Å². The molecule has 0 radical (unpaired) electrons. The first-order chi connectivity index (χ1) is 11.5. The van der Waals surface area contributed by atoms with Crippen LogP contribution in [0.2, 0.25) is 0 Å². The van der Waals surface area contributed by atoms with Gasteiger partial charge in [-0.25, -0.2) is 17.6 Å². The highest BCUT2D eigenvalue weighted by Gasteiger charge is 2.75. The van der Waals surface area contributed by atoms with Crippen molar-refractivity contribution in [1.29, 1.82) is 0 Å². The molecule has 25 heavy (non-hydrogen) atoms. The van der Waals surface area contributed by atoms with Crippen molar-refractivity contribution in [3.63, 3.8) is 0 Å². The molecule has 0 spiro atoms. The number of furan rings is 1. The topological polar surface area (TPSA) is 50.4 Å². The normalized spacial score (nSPS) is 30.0. The van der Waals surface area contributed by atoms with E-state index >= 15 is 0 Å². The quantitative estimate of drug-likeness (QED) is 0.485. The summed E-state index contributed by atoms with van der Waals surface area (Å²) in [5.74, 6) is 0.201. The van der Waals surface area contributed by atoms with Gasteiger partial charge in [0.15, 0.2) is 11.5 Å². The lowest BCUT2D eigenvalue weighted by molar-refractivity contribution is -0.144. The fourth-order valence-corrected chi connectivity index (χ4v) is 3.45. The lowest BCUT2D eigenvalue weighted by atomic mass is 9.92. The summed E-state index contributed by atoms with van der Waals surface area (Å²) in [6.07, 6.45) is -1.80. The maximum Gasteiger partial charge on any atom is 0.311 e. The van der Waals surface area contributed by atoms with Crippen LogP contribution in [0.15, 0.2) is 28.2 Å². The van der Waals surface area contributed by atoms with Gasteiger partial charge in [-0.3, -0.25) is 4.79 Å². The summed E-state index contributed by atoms with van der Waals surface area (Å²) >= 11 is 0. The van der Waals surface area contributed by atoms with Crippen LogP contribution >= 0.6 is 0 Å². The molecule has 7 heteroatoms. The minimum absolute atomic E-state index is 0.0120. The van der Waals surface area contributed by atoms with Crippen molar-refractivity contribution in [2.45, 2.75) is 39.0 Å². The van der Waals surface area contributed by atoms with Gasteiger partial charge in [0, 0.05) is 24.3 Å². The number of halogens is 4. The van der Waals surface area contributed by atoms with Crippen molar-refractivity contribution in [2.75, 3.05) is 0 Å². The van der Waals surface area contributed by atoms with Crippen LogP contribution in [0.4, 0.5) is 17.6 Å². The van der Waals surface area contributed by atoms with Crippen molar-refractivity contribution in [3.05, 3.63) is 35.3 Å². The van der Waals surface area contributed by atoms with Crippen LogP contribution in [0.3, 0.4) is 0 Å². The largest absolute Gasteiger partial charge is 0.481 e. The Kier molecular flexibility index (Phi) is 3.79. The van der Waals surface area contributed by atoms with Gasteiger partial charge in [0.1, 0.15) is 0 Å². The van der Waals surface area contributed by atoms with E-state index in [1.165, 1.54) is 12.1 Å². The first kappa shape index (κ1) is 17.6. The predicted molar refractivity (Wildman–Crippen MR) is 80.1 cm³/mol. The third kappa shape index (κ3) is 2.74. The SMILES string of the molecule is CC1(C)[C@@H](C=C2CC2(F)F)[C@@]1(CC#Cc1ccc(C(F)F)o1)C(=O)O. The van der Waals surface area contributed by atoms with E-state index in [9.17, 15) is 27.5 Å². The molecule has 0 unspecified atom stereocenters. The highest BCUT2D eigenvalue weighted by molar-refractivity contribution is 5.82. The lowest BCUT2D eigenvalue weighted by Gasteiger charge is -2.11. The summed E-state index contributed by atoms with van der Waals surface area (Å²) in [6.45, 7) is 3.40. The molecule has 0 saturated heterocycles. The molecule has 2 saturated carbocycles. The molecule has 0 aromatic carbocycles. The van der Waals surface area contributed by atoms with Crippen molar-refractivity contribution in [1.82, 2.24) is 0 Å². The summed E-state index contributed by atoms with van der Waals surface area (Å²) in [4.78, 5) is 11.8. The molecule has 0 aliphatic heterocycles. The van der Waals surface area contributed by atoms with Crippen molar-refractivity contribution in [2.24, 2.45) is 16.7 Å². The maximum absolute atomic E-state index is 13.1. The maximum atomic E-state index is 13.1. The fourth-order valence-electron chi connectivity index (χ4n) is 3.45. The molecule has 134 valence electrons. The summed E-state index contributed by atoms with van der Waals surface area (Å²) in [6, 6.07) is 2.38. The molecule has 2 fully saturated rings. The second kappa shape index (κ2) is 5.38. The molecule has 3 rings (SSSR count). The van der Waals surface area contributed by atoms with Gasteiger partial charge in [-0.1, -0.05) is 25.8 Å². The Hall–Kier alpha value is -2.23. The minimum atomic E-state index is -2.82. The molecule has 1 heterocycles. The number of carboxylic acid groups (broad SMARTS) is 1. The Morgan fingerprint density at radius 1 is 1.44 bits per heavy atom. The van der Waals surface area contributed by atoms with Gasteiger partial charge < -0.3 is 9.52 Å². The Labute approximate surface area is 141 Å². The smallest absolute Gasteiger partial charge is 0.311 e. The summed E-state index contributed by atoms with van der Waals surface area (Å²) < 4.78 is 56.0. The number of hydrogen-bond acceptors (Lipinski definition) is 2. The van der Waals surface area contributed by atoms with Crippen LogP contribution in [0.5, 0.6) is 0 Å². The molecule has 1 aromatic heterocycles. The third-order valence-electron chi connectivity index (χ3n) is 5.30. The van der Waals surface area contributed by atoms with Gasteiger partial charge in [0.2, 0.25) is 0 Å². The Morgan fingerprint density at radius 2 is 2.08 bits per heavy atom. The van der Waals surface area contributed by atoms with E-state index in [0.717, 1.165) is 6.07 Å². The molecule has 2 aliphatic rings. The molecule has 1 aromatic rings. The highest BCUT2D eigenvalue weighted by atomic mass is 19.3. The van der Waals surface area contributed by atoms with Crippen LogP contribution in [0.25, 0.3) is 0 Å². The van der Waals surface area contributed by atoms with Gasteiger partial charge in [-0.2, -0.15) is 0 Å². The Balaban J connectivity index is 1.80. The monoisotopic (exact) mass is 356 g/mol. The van der Waals surface area contributed by atoms with Gasteiger partial charge in [-0.15, -0.1) is 0 Å². The molecular formula is C18H16F4O3. The van der Waals surface area contributed by atoms with Crippen LogP contribution in [0.1, 0.15) is 44.6 Å². The minimum Gasteiger partial charge on any atom is -0.481 e. The van der Waals surface area contributed by atoms with Gasteiger partial charge >= 0.3 is 5.97 Å². The average molecular weight is 356 g/mol. The van der Waals surface area contributed by atoms with Crippen molar-refractivity contribution >= 4 is 5.97 Å². The van der Waals surface area contributed by atoms with E-state index in [4.69, 9.17) is 4.42 Å².